The highest BCUT2D eigenvalue weighted by atomic mass is 16.5. The predicted molar refractivity (Wildman–Crippen MR) is 186 cm³/mol. The number of rotatable bonds is 10. The maximum absolute atomic E-state index is 13.2. The van der Waals surface area contributed by atoms with Gasteiger partial charge in [0.25, 0.3) is 0 Å². The van der Waals surface area contributed by atoms with Crippen LogP contribution in [0.25, 0.3) is 0 Å². The number of nitrogens with zero attached hydrogens (tertiary/aromatic N) is 2. The lowest BCUT2D eigenvalue weighted by Crippen LogP contribution is -2.51. The smallest absolute Gasteiger partial charge is 0.338 e. The lowest BCUT2D eigenvalue weighted by atomic mass is 9.47. The summed E-state index contributed by atoms with van der Waals surface area (Å²) in [4.78, 5) is 13.2. The van der Waals surface area contributed by atoms with Crippen molar-refractivity contribution in [2.45, 2.75) is 111 Å². The van der Waals surface area contributed by atoms with Crippen LogP contribution in [0, 0.1) is 46.3 Å². The van der Waals surface area contributed by atoms with E-state index in [9.17, 15) is 4.79 Å². The minimum Gasteiger partial charge on any atom is -0.497 e. The normalized spacial score (nSPS) is 32.8. The monoisotopic (exact) mass is 624 g/mol. The van der Waals surface area contributed by atoms with Gasteiger partial charge < -0.3 is 9.47 Å². The van der Waals surface area contributed by atoms with E-state index >= 15 is 0 Å². The second kappa shape index (κ2) is 13.6. The molecular weight excluding hydrogens is 568 g/mol. The maximum Gasteiger partial charge on any atom is 0.338 e. The first-order valence-corrected chi connectivity index (χ1v) is 18.2. The maximum atomic E-state index is 13.2. The van der Waals surface area contributed by atoms with Gasteiger partial charge >= 0.3 is 5.97 Å². The lowest BCUT2D eigenvalue weighted by Gasteiger charge is -2.58. The summed E-state index contributed by atoms with van der Waals surface area (Å²) in [5.74, 6) is 5.56. The fraction of sp³-hybridized carbons (Fsp3) is 0.634. The standard InChI is InChI=1S/C41H56N2O3/c1-27(2)8-7-9-28(3)36-20-21-37-35-19-12-30-26-34(22-24-40(30,4)38(35)23-25-41(36,37)5)46-39(44)29-10-13-31(14-11-29)42-43-32-15-17-33(45-6)18-16-32/h10-18,27-28,34-38H,7-9,19-26H2,1-6H3. The molecule has 2 aromatic rings. The number of azo groups is 1. The number of hydrogen-bond acceptors (Lipinski definition) is 5. The highest BCUT2D eigenvalue weighted by Gasteiger charge is 2.59. The zero-order valence-corrected chi connectivity index (χ0v) is 29.1. The molecular formula is C41H56N2O3. The Morgan fingerprint density at radius 3 is 2.24 bits per heavy atom. The lowest BCUT2D eigenvalue weighted by molar-refractivity contribution is -0.0594. The molecule has 0 bridgehead atoms. The largest absolute Gasteiger partial charge is 0.497 e. The van der Waals surface area contributed by atoms with E-state index in [2.05, 4.69) is 50.9 Å². The van der Waals surface area contributed by atoms with Crippen LogP contribution in [0.2, 0.25) is 0 Å². The average molecular weight is 625 g/mol. The summed E-state index contributed by atoms with van der Waals surface area (Å²) in [6.07, 6.45) is 16.5. The molecule has 0 amide bonds. The molecule has 3 saturated carbocycles. The second-order valence-electron chi connectivity index (χ2n) is 16.0. The van der Waals surface area contributed by atoms with Gasteiger partial charge in [-0.1, -0.05) is 65.5 Å². The Labute approximate surface area is 277 Å². The van der Waals surface area contributed by atoms with Gasteiger partial charge in [-0.15, -0.1) is 0 Å². The van der Waals surface area contributed by atoms with Crippen LogP contribution in [0.1, 0.15) is 116 Å². The predicted octanol–water partition coefficient (Wildman–Crippen LogP) is 11.7. The fourth-order valence-corrected chi connectivity index (χ4v) is 10.4. The average Bonchev–Trinajstić information content (AvgIpc) is 3.41. The van der Waals surface area contributed by atoms with Crippen LogP contribution in [0.5, 0.6) is 5.75 Å². The first-order chi connectivity index (χ1) is 22.1. The van der Waals surface area contributed by atoms with Crippen molar-refractivity contribution in [2.75, 3.05) is 7.11 Å². The number of methoxy groups -OCH3 is 1. The Morgan fingerprint density at radius 1 is 0.870 bits per heavy atom. The summed E-state index contributed by atoms with van der Waals surface area (Å²) in [5, 5.41) is 8.60. The molecule has 5 nitrogen and oxygen atoms in total. The SMILES string of the molecule is COc1ccc(N=Nc2ccc(C(=O)OC3CCC4(C)C(=CCC5C4CCC4(C)C(C(C)CCCC(C)C)CCC54)C3)cc2)cc1. The second-order valence-corrected chi connectivity index (χ2v) is 16.0. The van der Waals surface area contributed by atoms with Crippen LogP contribution in [0.15, 0.2) is 70.4 Å². The van der Waals surface area contributed by atoms with Gasteiger partial charge in [0.15, 0.2) is 0 Å². The van der Waals surface area contributed by atoms with Gasteiger partial charge in [-0.3, -0.25) is 0 Å². The highest BCUT2D eigenvalue weighted by molar-refractivity contribution is 5.89. The van der Waals surface area contributed by atoms with Crippen molar-refractivity contribution in [2.24, 2.45) is 56.6 Å². The van der Waals surface area contributed by atoms with E-state index in [4.69, 9.17) is 9.47 Å². The fourth-order valence-electron chi connectivity index (χ4n) is 10.4. The number of allylic oxidation sites excluding steroid dienone is 1. The van der Waals surface area contributed by atoms with E-state index in [1.807, 2.05) is 36.4 Å². The van der Waals surface area contributed by atoms with Crippen molar-refractivity contribution in [3.8, 4) is 5.75 Å². The third kappa shape index (κ3) is 6.58. The molecule has 0 aromatic heterocycles. The van der Waals surface area contributed by atoms with Crippen molar-refractivity contribution in [3.05, 3.63) is 65.7 Å². The molecule has 0 saturated heterocycles. The van der Waals surface area contributed by atoms with E-state index in [1.54, 1.807) is 24.8 Å². The molecule has 0 aliphatic heterocycles. The van der Waals surface area contributed by atoms with Crippen LogP contribution in [-0.2, 0) is 4.74 Å². The van der Waals surface area contributed by atoms with Gasteiger partial charge in [0.2, 0.25) is 0 Å². The Bertz CT molecular complexity index is 1410. The van der Waals surface area contributed by atoms with Gasteiger partial charge in [0, 0.05) is 6.42 Å². The van der Waals surface area contributed by atoms with E-state index in [1.165, 1.54) is 51.4 Å². The Morgan fingerprint density at radius 2 is 1.57 bits per heavy atom. The van der Waals surface area contributed by atoms with E-state index in [-0.39, 0.29) is 17.5 Å². The summed E-state index contributed by atoms with van der Waals surface area (Å²) in [6, 6.07) is 14.7. The van der Waals surface area contributed by atoms with Crippen LogP contribution in [0.3, 0.4) is 0 Å². The molecule has 2 aromatic carbocycles. The summed E-state index contributed by atoms with van der Waals surface area (Å²) in [7, 11) is 1.64. The number of esters is 1. The highest BCUT2D eigenvalue weighted by Crippen LogP contribution is 2.67. The van der Waals surface area contributed by atoms with Crippen molar-refractivity contribution in [1.82, 2.24) is 0 Å². The molecule has 46 heavy (non-hydrogen) atoms. The van der Waals surface area contributed by atoms with Crippen LogP contribution < -0.4 is 4.74 Å². The van der Waals surface area contributed by atoms with Crippen LogP contribution in [-0.4, -0.2) is 19.2 Å². The van der Waals surface area contributed by atoms with Gasteiger partial charge in [0.1, 0.15) is 11.9 Å². The number of carbonyl (C=O) groups excluding carboxylic acids is 1. The molecule has 0 radical (unpaired) electrons. The molecule has 0 spiro atoms. The van der Waals surface area contributed by atoms with Crippen molar-refractivity contribution >= 4 is 17.3 Å². The first-order valence-electron chi connectivity index (χ1n) is 18.2. The summed E-state index contributed by atoms with van der Waals surface area (Å²) >= 11 is 0. The van der Waals surface area contributed by atoms with Crippen molar-refractivity contribution < 1.29 is 14.3 Å². The van der Waals surface area contributed by atoms with Crippen LogP contribution >= 0.6 is 0 Å². The third-order valence-corrected chi connectivity index (χ3v) is 13.0. The van der Waals surface area contributed by atoms with E-state index in [0.717, 1.165) is 66.2 Å². The quantitative estimate of drug-likeness (QED) is 0.150. The van der Waals surface area contributed by atoms with Crippen molar-refractivity contribution in [1.29, 1.82) is 0 Å². The van der Waals surface area contributed by atoms with E-state index < -0.39 is 0 Å². The number of ether oxygens (including phenoxy) is 2. The van der Waals surface area contributed by atoms with E-state index in [0.29, 0.717) is 16.7 Å². The zero-order valence-electron chi connectivity index (χ0n) is 29.1. The van der Waals surface area contributed by atoms with Gasteiger partial charge in [0.05, 0.1) is 24.0 Å². The molecule has 3 fully saturated rings. The summed E-state index contributed by atoms with van der Waals surface area (Å²) in [5.41, 5.74) is 4.33. The van der Waals surface area contributed by atoms with Crippen molar-refractivity contribution in [3.63, 3.8) is 0 Å². The number of benzene rings is 2. The van der Waals surface area contributed by atoms with Crippen LogP contribution in [0.4, 0.5) is 11.4 Å². The van der Waals surface area contributed by atoms with Gasteiger partial charge in [-0.2, -0.15) is 10.2 Å². The number of carbonyl (C=O) groups is 1. The van der Waals surface area contributed by atoms with Gasteiger partial charge in [-0.25, -0.2) is 4.79 Å². The molecule has 8 unspecified atom stereocenters. The molecule has 8 atom stereocenters. The zero-order chi connectivity index (χ0) is 32.5. The Kier molecular flexibility index (Phi) is 9.78. The minimum atomic E-state index is -0.241. The Balaban J connectivity index is 1.05. The summed E-state index contributed by atoms with van der Waals surface area (Å²) < 4.78 is 11.3. The molecule has 248 valence electrons. The molecule has 0 N–H and O–H groups in total. The summed E-state index contributed by atoms with van der Waals surface area (Å²) in [6.45, 7) is 12.5. The molecule has 6 rings (SSSR count). The minimum absolute atomic E-state index is 0.0470. The topological polar surface area (TPSA) is 60.2 Å². The van der Waals surface area contributed by atoms with Gasteiger partial charge in [-0.05, 0) is 140 Å². The Hall–Kier alpha value is -2.95. The molecule has 0 heterocycles. The molecule has 5 heteroatoms. The number of hydrogen-bond donors (Lipinski definition) is 0. The molecule has 4 aliphatic rings. The third-order valence-electron chi connectivity index (χ3n) is 13.0. The molecule has 4 aliphatic carbocycles. The number of fused-ring (bicyclic) bond motifs is 5. The first kappa shape index (κ1) is 33.0.